The molecule has 0 heterocycles. The Kier molecular flexibility index (Phi) is 6.76. The van der Waals surface area contributed by atoms with E-state index in [9.17, 15) is 33.1 Å². The number of hydrogen-bond donors (Lipinski definition) is 3. The van der Waals surface area contributed by atoms with Gasteiger partial charge in [-0.25, -0.2) is 8.78 Å². The number of hydrogen-bond acceptors (Lipinski definition) is 5. The van der Waals surface area contributed by atoms with Gasteiger partial charge in [-0.3, -0.25) is 19.2 Å². The Bertz CT molecular complexity index is 989. The largest absolute Gasteiger partial charge is 0.507 e. The van der Waals surface area contributed by atoms with Gasteiger partial charge in [-0.1, -0.05) is 25.1 Å². The topological polar surface area (TPSA) is 121 Å². The van der Waals surface area contributed by atoms with Crippen LogP contribution in [0, 0.1) is 17.6 Å². The Morgan fingerprint density at radius 1 is 1.07 bits per heavy atom. The van der Waals surface area contributed by atoms with Crippen LogP contribution in [0.4, 0.5) is 8.78 Å². The van der Waals surface area contributed by atoms with Crippen LogP contribution in [0.5, 0.6) is 5.75 Å². The molecule has 2 aromatic carbocycles. The molecule has 1 amide bonds. The van der Waals surface area contributed by atoms with Crippen molar-refractivity contribution in [3.8, 4) is 16.9 Å². The predicted octanol–water partition coefficient (Wildman–Crippen LogP) is 2.32. The number of carbonyl (C=O) groups excluding carboxylic acids is 3. The summed E-state index contributed by atoms with van der Waals surface area (Å²) in [6.07, 6.45) is -0.180. The first kappa shape index (κ1) is 21.7. The second kappa shape index (κ2) is 9.05. The summed E-state index contributed by atoms with van der Waals surface area (Å²) in [6, 6.07) is 6.72. The maximum Gasteiger partial charge on any atom is 0.322 e. The van der Waals surface area contributed by atoms with Gasteiger partial charge in [0, 0.05) is 12.0 Å². The monoisotopic (exact) mass is 405 g/mol. The quantitative estimate of drug-likeness (QED) is 0.458. The molecule has 0 radical (unpaired) electrons. The van der Waals surface area contributed by atoms with Gasteiger partial charge in [0.25, 0.3) is 0 Å². The molecule has 0 saturated heterocycles. The lowest BCUT2D eigenvalue weighted by Gasteiger charge is -2.16. The first-order valence-corrected chi connectivity index (χ1v) is 8.51. The van der Waals surface area contributed by atoms with E-state index in [1.54, 1.807) is 0 Å². The minimum absolute atomic E-state index is 0.0107. The zero-order valence-corrected chi connectivity index (χ0v) is 15.2. The molecule has 152 valence electrons. The summed E-state index contributed by atoms with van der Waals surface area (Å²) in [5.41, 5.74) is -0.322. The van der Waals surface area contributed by atoms with Crippen molar-refractivity contribution in [2.45, 2.75) is 13.3 Å². The third-order valence-electron chi connectivity index (χ3n) is 4.14. The van der Waals surface area contributed by atoms with Crippen LogP contribution in [0.3, 0.4) is 0 Å². The van der Waals surface area contributed by atoms with Crippen LogP contribution in [0.25, 0.3) is 11.1 Å². The molecule has 2 rings (SSSR count). The fourth-order valence-electron chi connectivity index (χ4n) is 2.67. The lowest BCUT2D eigenvalue weighted by Crippen LogP contribution is -2.42. The highest BCUT2D eigenvalue weighted by molar-refractivity contribution is 6.24. The standard InChI is InChI=1S/C20H17F2NO6/c1-2-15(24)17(20(29)23-9-16(25)26)19(28)12-5-3-4-11(18(12)27)10-6-7-13(21)14(22)8-10/h3-8,17,27H,2,9H2,1H3,(H,23,29)(H,25,26). The summed E-state index contributed by atoms with van der Waals surface area (Å²) < 4.78 is 26.7. The maximum atomic E-state index is 13.5. The van der Waals surface area contributed by atoms with Crippen molar-refractivity contribution in [1.82, 2.24) is 5.32 Å². The SMILES string of the molecule is CCC(=O)C(C(=O)NCC(=O)O)C(=O)c1cccc(-c2ccc(F)c(F)c2)c1O. The van der Waals surface area contributed by atoms with Crippen LogP contribution in [0.2, 0.25) is 0 Å². The van der Waals surface area contributed by atoms with Gasteiger partial charge in [0.2, 0.25) is 5.91 Å². The number of nitrogens with one attached hydrogen (secondary N) is 1. The van der Waals surface area contributed by atoms with Crippen molar-refractivity contribution in [3.63, 3.8) is 0 Å². The Hall–Kier alpha value is -3.62. The lowest BCUT2D eigenvalue weighted by molar-refractivity contribution is -0.139. The number of carbonyl (C=O) groups is 4. The molecule has 0 aliphatic carbocycles. The zero-order valence-electron chi connectivity index (χ0n) is 15.2. The molecule has 0 aliphatic rings. The molecule has 0 spiro atoms. The van der Waals surface area contributed by atoms with Crippen LogP contribution in [-0.2, 0) is 14.4 Å². The summed E-state index contributed by atoms with van der Waals surface area (Å²) in [4.78, 5) is 47.8. The smallest absolute Gasteiger partial charge is 0.322 e. The second-order valence-corrected chi connectivity index (χ2v) is 6.06. The zero-order chi connectivity index (χ0) is 21.7. The molecule has 2 aromatic rings. The van der Waals surface area contributed by atoms with Gasteiger partial charge in [-0.2, -0.15) is 0 Å². The van der Waals surface area contributed by atoms with Gasteiger partial charge < -0.3 is 15.5 Å². The minimum Gasteiger partial charge on any atom is -0.507 e. The van der Waals surface area contributed by atoms with Crippen molar-refractivity contribution in [2.24, 2.45) is 5.92 Å². The highest BCUT2D eigenvalue weighted by Crippen LogP contribution is 2.34. The van der Waals surface area contributed by atoms with Crippen LogP contribution in [0.15, 0.2) is 36.4 Å². The average molecular weight is 405 g/mol. The number of amides is 1. The highest BCUT2D eigenvalue weighted by atomic mass is 19.2. The molecular weight excluding hydrogens is 388 g/mol. The molecule has 0 aliphatic heterocycles. The van der Waals surface area contributed by atoms with E-state index in [0.29, 0.717) is 0 Å². The highest BCUT2D eigenvalue weighted by Gasteiger charge is 2.35. The number of Topliss-reactive ketones (excluding diaryl/α,β-unsaturated/α-hetero) is 2. The third kappa shape index (κ3) is 4.81. The fraction of sp³-hybridized carbons (Fsp3) is 0.200. The first-order chi connectivity index (χ1) is 13.7. The third-order valence-corrected chi connectivity index (χ3v) is 4.14. The molecule has 7 nitrogen and oxygen atoms in total. The number of halogens is 2. The van der Waals surface area contributed by atoms with E-state index < -0.39 is 53.3 Å². The number of carboxylic acids is 1. The fourth-order valence-corrected chi connectivity index (χ4v) is 2.67. The number of aromatic hydroxyl groups is 1. The van der Waals surface area contributed by atoms with E-state index in [0.717, 1.165) is 12.1 Å². The summed E-state index contributed by atoms with van der Waals surface area (Å²) >= 11 is 0. The van der Waals surface area contributed by atoms with Crippen LogP contribution in [0.1, 0.15) is 23.7 Å². The van der Waals surface area contributed by atoms with Crippen LogP contribution in [-0.4, -0.2) is 40.2 Å². The number of para-hydroxylation sites is 1. The van der Waals surface area contributed by atoms with Crippen molar-refractivity contribution in [2.75, 3.05) is 6.54 Å². The minimum atomic E-state index is -1.86. The molecule has 1 unspecified atom stereocenters. The van der Waals surface area contributed by atoms with E-state index in [2.05, 4.69) is 0 Å². The van der Waals surface area contributed by atoms with Gasteiger partial charge in [-0.05, 0) is 23.8 Å². The summed E-state index contributed by atoms with van der Waals surface area (Å²) in [5.74, 6) is -9.01. The maximum absolute atomic E-state index is 13.5. The van der Waals surface area contributed by atoms with Crippen molar-refractivity contribution in [1.29, 1.82) is 0 Å². The summed E-state index contributed by atoms with van der Waals surface area (Å²) in [5, 5.41) is 21.1. The number of carboxylic acid groups (broad SMARTS) is 1. The van der Waals surface area contributed by atoms with E-state index in [4.69, 9.17) is 5.11 Å². The van der Waals surface area contributed by atoms with E-state index in [-0.39, 0.29) is 23.1 Å². The average Bonchev–Trinajstić information content (AvgIpc) is 2.68. The van der Waals surface area contributed by atoms with Gasteiger partial charge in [0.15, 0.2) is 29.1 Å². The Balaban J connectivity index is 2.46. The molecule has 29 heavy (non-hydrogen) atoms. The molecule has 0 bridgehead atoms. The Labute approximate surface area is 164 Å². The van der Waals surface area contributed by atoms with Gasteiger partial charge in [0.1, 0.15) is 12.3 Å². The number of ketones is 2. The molecule has 1 atom stereocenters. The van der Waals surface area contributed by atoms with Crippen molar-refractivity contribution in [3.05, 3.63) is 53.6 Å². The predicted molar refractivity (Wildman–Crippen MR) is 97.2 cm³/mol. The first-order valence-electron chi connectivity index (χ1n) is 8.51. The van der Waals surface area contributed by atoms with E-state index in [1.165, 1.54) is 31.2 Å². The number of benzene rings is 2. The van der Waals surface area contributed by atoms with Gasteiger partial charge in [0.05, 0.1) is 5.56 Å². The van der Waals surface area contributed by atoms with Crippen LogP contribution >= 0.6 is 0 Å². The summed E-state index contributed by atoms with van der Waals surface area (Å²) in [6.45, 7) is 0.630. The van der Waals surface area contributed by atoms with Gasteiger partial charge in [-0.15, -0.1) is 0 Å². The molecule has 0 aromatic heterocycles. The Morgan fingerprint density at radius 3 is 2.34 bits per heavy atom. The Morgan fingerprint density at radius 2 is 1.76 bits per heavy atom. The van der Waals surface area contributed by atoms with E-state index >= 15 is 0 Å². The summed E-state index contributed by atoms with van der Waals surface area (Å²) in [7, 11) is 0. The van der Waals surface area contributed by atoms with Crippen LogP contribution < -0.4 is 5.32 Å². The number of aliphatic carboxylic acids is 1. The van der Waals surface area contributed by atoms with E-state index in [1.807, 2.05) is 5.32 Å². The number of phenols is 1. The van der Waals surface area contributed by atoms with Crippen molar-refractivity contribution >= 4 is 23.4 Å². The number of phenolic OH excluding ortho intramolecular Hbond substituents is 1. The molecule has 0 saturated carbocycles. The second-order valence-electron chi connectivity index (χ2n) is 6.06. The molecule has 0 fully saturated rings. The molecular formula is C20H17F2NO6. The normalized spacial score (nSPS) is 11.6. The van der Waals surface area contributed by atoms with Crippen molar-refractivity contribution < 1.29 is 38.2 Å². The lowest BCUT2D eigenvalue weighted by atomic mass is 9.89. The molecule has 3 N–H and O–H groups in total. The number of rotatable bonds is 8. The molecule has 9 heteroatoms. The van der Waals surface area contributed by atoms with Gasteiger partial charge >= 0.3 is 5.97 Å².